The van der Waals surface area contributed by atoms with Gasteiger partial charge in [0.25, 0.3) is 0 Å². The summed E-state index contributed by atoms with van der Waals surface area (Å²) in [5, 5.41) is 8.55. The largest absolute Gasteiger partial charge is 0.416 e. The lowest BCUT2D eigenvalue weighted by atomic mass is 9.84. The molecule has 0 unspecified atom stereocenters. The third-order valence-electron chi connectivity index (χ3n) is 4.86. The van der Waals surface area contributed by atoms with Crippen molar-refractivity contribution in [2.75, 3.05) is 0 Å². The van der Waals surface area contributed by atoms with E-state index >= 15 is 0 Å². The van der Waals surface area contributed by atoms with E-state index in [1.165, 1.54) is 28.8 Å². The molecule has 142 valence electrons. The maximum Gasteiger partial charge on any atom is 0.248 e. The first-order chi connectivity index (χ1) is 12.8. The van der Waals surface area contributed by atoms with E-state index in [-0.39, 0.29) is 5.82 Å². The van der Waals surface area contributed by atoms with Crippen molar-refractivity contribution < 1.29 is 8.81 Å². The fraction of sp³-hybridized carbons (Fsp3) is 0.391. The number of hydrogen-bond acceptors (Lipinski definition) is 3. The van der Waals surface area contributed by atoms with Crippen LogP contribution >= 0.6 is 0 Å². The predicted molar refractivity (Wildman–Crippen MR) is 107 cm³/mol. The second kappa shape index (κ2) is 7.63. The van der Waals surface area contributed by atoms with Crippen LogP contribution in [0, 0.1) is 5.82 Å². The molecule has 3 rings (SSSR count). The summed E-state index contributed by atoms with van der Waals surface area (Å²) < 4.78 is 19.2. The zero-order valence-electron chi connectivity index (χ0n) is 16.9. The summed E-state index contributed by atoms with van der Waals surface area (Å²) >= 11 is 0. The van der Waals surface area contributed by atoms with E-state index in [4.69, 9.17) is 4.42 Å². The van der Waals surface area contributed by atoms with E-state index in [9.17, 15) is 4.39 Å². The Bertz CT molecular complexity index is 895. The quantitative estimate of drug-likeness (QED) is 0.492. The highest BCUT2D eigenvalue weighted by molar-refractivity contribution is 5.68. The Labute approximate surface area is 160 Å². The lowest BCUT2D eigenvalue weighted by molar-refractivity contribution is 0.580. The third kappa shape index (κ3) is 3.95. The number of rotatable bonds is 5. The van der Waals surface area contributed by atoms with Gasteiger partial charge >= 0.3 is 0 Å². The molecule has 3 aromatic rings. The van der Waals surface area contributed by atoms with E-state index in [1.54, 1.807) is 12.1 Å². The van der Waals surface area contributed by atoms with E-state index in [2.05, 4.69) is 63.9 Å². The third-order valence-corrected chi connectivity index (χ3v) is 4.86. The molecule has 4 heteroatoms. The van der Waals surface area contributed by atoms with Crippen LogP contribution in [-0.4, -0.2) is 10.2 Å². The molecule has 0 aliphatic carbocycles. The smallest absolute Gasteiger partial charge is 0.248 e. The van der Waals surface area contributed by atoms with Crippen molar-refractivity contribution in [3.63, 3.8) is 0 Å². The van der Waals surface area contributed by atoms with E-state index in [1.807, 2.05) is 0 Å². The van der Waals surface area contributed by atoms with Gasteiger partial charge in [0.05, 0.1) is 0 Å². The summed E-state index contributed by atoms with van der Waals surface area (Å²) in [5.41, 5.74) is 5.51. The van der Waals surface area contributed by atoms with Crippen LogP contribution in [-0.2, 0) is 0 Å². The van der Waals surface area contributed by atoms with Gasteiger partial charge in [-0.1, -0.05) is 53.7 Å². The lowest BCUT2D eigenvalue weighted by Crippen LogP contribution is -2.03. The molecule has 0 amide bonds. The maximum absolute atomic E-state index is 13.2. The summed E-state index contributed by atoms with van der Waals surface area (Å²) in [6, 6.07) is 10.6. The maximum atomic E-state index is 13.2. The highest BCUT2D eigenvalue weighted by Gasteiger charge is 2.22. The molecule has 0 saturated carbocycles. The number of halogens is 1. The first-order valence-electron chi connectivity index (χ1n) is 9.55. The highest BCUT2D eigenvalue weighted by atomic mass is 19.1. The van der Waals surface area contributed by atoms with Gasteiger partial charge in [-0.2, -0.15) is 0 Å². The summed E-state index contributed by atoms with van der Waals surface area (Å²) in [5.74, 6) is 1.76. The van der Waals surface area contributed by atoms with E-state index in [0.717, 1.165) is 5.56 Å². The normalized spacial score (nSPS) is 11.8. The van der Waals surface area contributed by atoms with Crippen LogP contribution in [0.4, 0.5) is 4.39 Å². The fourth-order valence-corrected chi connectivity index (χ4v) is 3.24. The zero-order valence-corrected chi connectivity index (χ0v) is 16.9. The molecule has 2 aromatic carbocycles. The Balaban J connectivity index is 2.17. The molecule has 27 heavy (non-hydrogen) atoms. The van der Waals surface area contributed by atoms with Gasteiger partial charge in [-0.25, -0.2) is 4.39 Å². The Morgan fingerprint density at radius 3 is 1.74 bits per heavy atom. The van der Waals surface area contributed by atoms with Gasteiger partial charge in [-0.05, 0) is 58.7 Å². The summed E-state index contributed by atoms with van der Waals surface area (Å²) in [4.78, 5) is 0. The SMILES string of the molecule is CC(C)c1cc(C(C)C)c(-c2nnc(-c3ccc(F)cc3)o2)c(C(C)C)c1. The molecule has 0 N–H and O–H groups in total. The van der Waals surface area contributed by atoms with Gasteiger partial charge in [0.1, 0.15) is 5.82 Å². The monoisotopic (exact) mass is 366 g/mol. The van der Waals surface area contributed by atoms with Gasteiger partial charge in [0.2, 0.25) is 11.8 Å². The highest BCUT2D eigenvalue weighted by Crippen LogP contribution is 2.38. The van der Waals surface area contributed by atoms with Crippen LogP contribution in [0.3, 0.4) is 0 Å². The second-order valence-corrected chi connectivity index (χ2v) is 7.96. The first kappa shape index (κ1) is 19.3. The minimum atomic E-state index is -0.285. The predicted octanol–water partition coefficient (Wildman–Crippen LogP) is 6.91. The van der Waals surface area contributed by atoms with Crippen LogP contribution in [0.5, 0.6) is 0 Å². The number of aromatic nitrogens is 2. The second-order valence-electron chi connectivity index (χ2n) is 7.96. The van der Waals surface area contributed by atoms with Crippen molar-refractivity contribution in [1.82, 2.24) is 10.2 Å². The molecule has 1 heterocycles. The van der Waals surface area contributed by atoms with Gasteiger partial charge < -0.3 is 4.42 Å². The summed E-state index contributed by atoms with van der Waals surface area (Å²) in [6.45, 7) is 13.2. The van der Waals surface area contributed by atoms with Gasteiger partial charge in [0, 0.05) is 11.1 Å². The van der Waals surface area contributed by atoms with Crippen molar-refractivity contribution in [3.05, 3.63) is 58.9 Å². The van der Waals surface area contributed by atoms with E-state index in [0.29, 0.717) is 35.1 Å². The molecule has 0 saturated heterocycles. The molecule has 1 aromatic heterocycles. The average molecular weight is 366 g/mol. The molecular formula is C23H27FN2O. The molecule has 0 spiro atoms. The van der Waals surface area contributed by atoms with Crippen molar-refractivity contribution in [2.45, 2.75) is 59.3 Å². The van der Waals surface area contributed by atoms with E-state index < -0.39 is 0 Å². The molecule has 0 aliphatic rings. The lowest BCUT2D eigenvalue weighted by Gasteiger charge is -2.20. The molecule has 0 bridgehead atoms. The Morgan fingerprint density at radius 2 is 1.26 bits per heavy atom. The topological polar surface area (TPSA) is 38.9 Å². The van der Waals surface area contributed by atoms with Crippen molar-refractivity contribution in [2.24, 2.45) is 0 Å². The molecule has 0 radical (unpaired) electrons. The molecule has 0 aliphatic heterocycles. The first-order valence-corrected chi connectivity index (χ1v) is 9.55. The zero-order chi connectivity index (χ0) is 19.7. The fourth-order valence-electron chi connectivity index (χ4n) is 3.24. The Kier molecular flexibility index (Phi) is 5.45. The van der Waals surface area contributed by atoms with Crippen molar-refractivity contribution in [1.29, 1.82) is 0 Å². The molecule has 3 nitrogen and oxygen atoms in total. The average Bonchev–Trinajstić information content (AvgIpc) is 3.10. The molecule has 0 fully saturated rings. The number of nitrogens with zero attached hydrogens (tertiary/aromatic N) is 2. The number of hydrogen-bond donors (Lipinski definition) is 0. The van der Waals surface area contributed by atoms with Crippen LogP contribution in [0.1, 0.15) is 76.0 Å². The molecule has 0 atom stereocenters. The van der Waals surface area contributed by atoms with Crippen LogP contribution in [0.2, 0.25) is 0 Å². The van der Waals surface area contributed by atoms with Crippen molar-refractivity contribution in [3.8, 4) is 22.9 Å². The number of benzene rings is 2. The Morgan fingerprint density at radius 1 is 0.741 bits per heavy atom. The van der Waals surface area contributed by atoms with Crippen LogP contribution < -0.4 is 0 Å². The molecular weight excluding hydrogens is 339 g/mol. The van der Waals surface area contributed by atoms with Crippen molar-refractivity contribution >= 4 is 0 Å². The van der Waals surface area contributed by atoms with Gasteiger partial charge in [-0.3, -0.25) is 0 Å². The summed E-state index contributed by atoms with van der Waals surface area (Å²) in [6.07, 6.45) is 0. The Hall–Kier alpha value is -2.49. The van der Waals surface area contributed by atoms with Gasteiger partial charge in [-0.15, -0.1) is 10.2 Å². The van der Waals surface area contributed by atoms with Crippen LogP contribution in [0.25, 0.3) is 22.9 Å². The summed E-state index contributed by atoms with van der Waals surface area (Å²) in [7, 11) is 0. The minimum Gasteiger partial charge on any atom is -0.416 e. The van der Waals surface area contributed by atoms with Gasteiger partial charge in [0.15, 0.2) is 0 Å². The van der Waals surface area contributed by atoms with Crippen LogP contribution in [0.15, 0.2) is 40.8 Å². The minimum absolute atomic E-state index is 0.285. The standard InChI is InChI=1S/C23H27FN2O/c1-13(2)17-11-19(14(3)4)21(20(12-17)15(5)6)23-26-25-22(27-23)16-7-9-18(24)10-8-16/h7-15H,1-6H3.